The molecule has 2 aromatic rings. The van der Waals surface area contributed by atoms with Gasteiger partial charge in [-0.3, -0.25) is 4.79 Å². The van der Waals surface area contributed by atoms with Crippen LogP contribution in [0.2, 0.25) is 5.02 Å². The van der Waals surface area contributed by atoms with Gasteiger partial charge in [0.05, 0.1) is 24.5 Å². The van der Waals surface area contributed by atoms with Gasteiger partial charge in [0.15, 0.2) is 6.61 Å². The lowest BCUT2D eigenvalue weighted by molar-refractivity contribution is -0.119. The second kappa shape index (κ2) is 10.1. The number of hydrogen-bond donors (Lipinski definition) is 1. The predicted octanol–water partition coefficient (Wildman–Crippen LogP) is 3.70. The number of amides is 1. The fraction of sp³-hybridized carbons (Fsp3) is 0.333. The number of carbonyl (C=O) groups is 2. The number of halogens is 1. The number of hydrogen-bond acceptors (Lipinski definition) is 6. The number of esters is 1. The van der Waals surface area contributed by atoms with Gasteiger partial charge in [-0.2, -0.15) is 0 Å². The summed E-state index contributed by atoms with van der Waals surface area (Å²) in [4.78, 5) is 24.2. The molecule has 1 fully saturated rings. The number of carbonyl (C=O) groups excluding carboxylic acids is 2. The maximum absolute atomic E-state index is 12.1. The van der Waals surface area contributed by atoms with Crippen molar-refractivity contribution in [3.05, 3.63) is 53.1 Å². The molecule has 1 atom stereocenters. The van der Waals surface area contributed by atoms with E-state index in [2.05, 4.69) is 5.32 Å². The summed E-state index contributed by atoms with van der Waals surface area (Å²) in [5.41, 5.74) is 0.719. The van der Waals surface area contributed by atoms with Crippen LogP contribution < -0.4 is 14.8 Å². The Kier molecular flexibility index (Phi) is 7.32. The van der Waals surface area contributed by atoms with E-state index in [1.807, 2.05) is 0 Å². The monoisotopic (exact) mass is 419 g/mol. The Morgan fingerprint density at radius 1 is 1.21 bits per heavy atom. The minimum Gasteiger partial charge on any atom is -0.495 e. The van der Waals surface area contributed by atoms with Crippen molar-refractivity contribution in [2.75, 3.05) is 32.2 Å². The van der Waals surface area contributed by atoms with Gasteiger partial charge < -0.3 is 24.3 Å². The molecule has 3 rings (SSSR count). The van der Waals surface area contributed by atoms with Crippen LogP contribution in [0.4, 0.5) is 5.69 Å². The molecule has 8 heteroatoms. The number of rotatable bonds is 8. The minimum atomic E-state index is -0.608. The van der Waals surface area contributed by atoms with Crippen LogP contribution in [-0.4, -0.2) is 44.9 Å². The number of methoxy groups -OCH3 is 1. The van der Waals surface area contributed by atoms with Crippen LogP contribution in [0.1, 0.15) is 23.2 Å². The van der Waals surface area contributed by atoms with Gasteiger partial charge in [-0.1, -0.05) is 11.6 Å². The van der Waals surface area contributed by atoms with Crippen molar-refractivity contribution >= 4 is 29.2 Å². The van der Waals surface area contributed by atoms with Crippen LogP contribution in [0.15, 0.2) is 42.5 Å². The van der Waals surface area contributed by atoms with Crippen LogP contribution in [0.5, 0.6) is 11.5 Å². The molecule has 154 valence electrons. The third-order valence-electron chi connectivity index (χ3n) is 4.32. The molecule has 0 radical (unpaired) electrons. The summed E-state index contributed by atoms with van der Waals surface area (Å²) in [5.74, 6) is -0.0187. The van der Waals surface area contributed by atoms with E-state index in [4.69, 9.17) is 30.5 Å². The van der Waals surface area contributed by atoms with Crippen molar-refractivity contribution in [3.8, 4) is 11.5 Å². The highest BCUT2D eigenvalue weighted by molar-refractivity contribution is 6.31. The van der Waals surface area contributed by atoms with Gasteiger partial charge in [0, 0.05) is 11.6 Å². The molecular weight excluding hydrogens is 398 g/mol. The standard InChI is InChI=1S/C21H22ClNO6/c1-26-19-9-6-15(22)11-18(19)23-20(24)13-29-21(25)14-4-7-16(8-5-14)28-12-17-3-2-10-27-17/h4-9,11,17H,2-3,10,12-13H2,1H3,(H,23,24)/t17-/m1/s1. The smallest absolute Gasteiger partial charge is 0.338 e. The second-order valence-electron chi connectivity index (χ2n) is 6.44. The summed E-state index contributed by atoms with van der Waals surface area (Å²) in [5, 5.41) is 3.05. The highest BCUT2D eigenvalue weighted by Gasteiger charge is 2.16. The lowest BCUT2D eigenvalue weighted by Crippen LogP contribution is -2.21. The highest BCUT2D eigenvalue weighted by Crippen LogP contribution is 2.27. The van der Waals surface area contributed by atoms with E-state index < -0.39 is 18.5 Å². The maximum atomic E-state index is 12.1. The summed E-state index contributed by atoms with van der Waals surface area (Å²) in [7, 11) is 1.48. The zero-order valence-corrected chi connectivity index (χ0v) is 16.7. The lowest BCUT2D eigenvalue weighted by atomic mass is 10.2. The SMILES string of the molecule is COc1ccc(Cl)cc1NC(=O)COC(=O)c1ccc(OC[C@H]2CCCO2)cc1. The molecular formula is C21H22ClNO6. The molecule has 1 amide bonds. The van der Waals surface area contributed by atoms with E-state index in [1.165, 1.54) is 7.11 Å². The molecule has 7 nitrogen and oxygen atoms in total. The van der Waals surface area contributed by atoms with Crippen molar-refractivity contribution < 1.29 is 28.5 Å². The van der Waals surface area contributed by atoms with Gasteiger partial charge in [0.1, 0.15) is 18.1 Å². The molecule has 1 N–H and O–H groups in total. The summed E-state index contributed by atoms with van der Waals surface area (Å²) < 4.78 is 21.4. The molecule has 0 spiro atoms. The minimum absolute atomic E-state index is 0.122. The van der Waals surface area contributed by atoms with Crippen LogP contribution in [0.3, 0.4) is 0 Å². The van der Waals surface area contributed by atoms with Gasteiger partial charge in [-0.25, -0.2) is 4.79 Å². The summed E-state index contributed by atoms with van der Waals surface area (Å²) in [6.45, 7) is 0.819. The normalized spacial score (nSPS) is 15.6. The third-order valence-corrected chi connectivity index (χ3v) is 4.55. The average Bonchev–Trinajstić information content (AvgIpc) is 3.25. The second-order valence-corrected chi connectivity index (χ2v) is 6.88. The fourth-order valence-corrected chi connectivity index (χ4v) is 3.00. The quantitative estimate of drug-likeness (QED) is 0.657. The first-order chi connectivity index (χ1) is 14.0. The van der Waals surface area contributed by atoms with E-state index in [1.54, 1.807) is 42.5 Å². The molecule has 0 unspecified atom stereocenters. The van der Waals surface area contributed by atoms with Crippen molar-refractivity contribution in [1.82, 2.24) is 0 Å². The molecule has 29 heavy (non-hydrogen) atoms. The highest BCUT2D eigenvalue weighted by atomic mass is 35.5. The average molecular weight is 420 g/mol. The zero-order chi connectivity index (χ0) is 20.6. The molecule has 2 aromatic carbocycles. The first-order valence-corrected chi connectivity index (χ1v) is 9.58. The van der Waals surface area contributed by atoms with Crippen molar-refractivity contribution in [2.24, 2.45) is 0 Å². The van der Waals surface area contributed by atoms with Crippen molar-refractivity contribution in [1.29, 1.82) is 0 Å². The van der Waals surface area contributed by atoms with Gasteiger partial charge in [0.25, 0.3) is 5.91 Å². The van der Waals surface area contributed by atoms with E-state index in [0.29, 0.717) is 34.4 Å². The van der Waals surface area contributed by atoms with Crippen LogP contribution in [0, 0.1) is 0 Å². The Balaban J connectivity index is 1.47. The summed E-state index contributed by atoms with van der Waals surface area (Å²) >= 11 is 5.93. The topological polar surface area (TPSA) is 83.1 Å². The zero-order valence-electron chi connectivity index (χ0n) is 16.0. The molecule has 1 saturated heterocycles. The first kappa shape index (κ1) is 21.0. The molecule has 1 heterocycles. The fourth-order valence-electron chi connectivity index (χ4n) is 2.83. The van der Waals surface area contributed by atoms with Gasteiger partial charge in [0.2, 0.25) is 0 Å². The Hall–Kier alpha value is -2.77. The number of ether oxygens (including phenoxy) is 4. The van der Waals surface area contributed by atoms with E-state index in [9.17, 15) is 9.59 Å². The first-order valence-electron chi connectivity index (χ1n) is 9.20. The number of anilines is 1. The third kappa shape index (κ3) is 6.10. The summed E-state index contributed by atoms with van der Waals surface area (Å²) in [6, 6.07) is 11.4. The number of benzene rings is 2. The molecule has 1 aliphatic rings. The Bertz CT molecular complexity index is 849. The van der Waals surface area contributed by atoms with E-state index in [-0.39, 0.29) is 6.10 Å². The number of nitrogens with one attached hydrogen (secondary N) is 1. The maximum Gasteiger partial charge on any atom is 0.338 e. The van der Waals surface area contributed by atoms with Crippen molar-refractivity contribution in [3.63, 3.8) is 0 Å². The van der Waals surface area contributed by atoms with Crippen LogP contribution >= 0.6 is 11.6 Å². The molecule has 0 aliphatic carbocycles. The molecule has 1 aliphatic heterocycles. The molecule has 0 aromatic heterocycles. The van der Waals surface area contributed by atoms with E-state index >= 15 is 0 Å². The van der Waals surface area contributed by atoms with Crippen LogP contribution in [0.25, 0.3) is 0 Å². The molecule has 0 saturated carbocycles. The van der Waals surface area contributed by atoms with Crippen LogP contribution in [-0.2, 0) is 14.3 Å². The predicted molar refractivity (Wildman–Crippen MR) is 108 cm³/mol. The van der Waals surface area contributed by atoms with E-state index in [0.717, 1.165) is 19.4 Å². The molecule has 0 bridgehead atoms. The van der Waals surface area contributed by atoms with Gasteiger partial charge in [-0.15, -0.1) is 0 Å². The summed E-state index contributed by atoms with van der Waals surface area (Å²) in [6.07, 6.45) is 2.17. The Morgan fingerprint density at radius 3 is 2.69 bits per heavy atom. The van der Waals surface area contributed by atoms with Gasteiger partial charge in [-0.05, 0) is 55.3 Å². The van der Waals surface area contributed by atoms with Gasteiger partial charge >= 0.3 is 5.97 Å². The Morgan fingerprint density at radius 2 is 2.00 bits per heavy atom. The lowest BCUT2D eigenvalue weighted by Gasteiger charge is -2.12. The largest absolute Gasteiger partial charge is 0.495 e. The van der Waals surface area contributed by atoms with Crippen molar-refractivity contribution in [2.45, 2.75) is 18.9 Å². The Labute approximate surface area is 173 Å².